The van der Waals surface area contributed by atoms with Crippen molar-refractivity contribution in [3.63, 3.8) is 0 Å². The Kier molecular flexibility index (Phi) is 7.68. The van der Waals surface area contributed by atoms with Gasteiger partial charge in [0.2, 0.25) is 15.9 Å². The number of amides is 1. The Morgan fingerprint density at radius 3 is 2.74 bits per heavy atom. The van der Waals surface area contributed by atoms with Crippen LogP contribution < -0.4 is 10.1 Å². The van der Waals surface area contributed by atoms with Gasteiger partial charge in [0.1, 0.15) is 5.75 Å². The molecule has 1 saturated heterocycles. The fourth-order valence-electron chi connectivity index (χ4n) is 3.34. The van der Waals surface area contributed by atoms with E-state index in [1.807, 2.05) is 52.0 Å². The van der Waals surface area contributed by atoms with Gasteiger partial charge in [0.15, 0.2) is 0 Å². The topological polar surface area (TPSA) is 75.7 Å². The van der Waals surface area contributed by atoms with E-state index in [1.54, 1.807) is 0 Å². The molecule has 0 aromatic heterocycles. The molecule has 0 bridgehead atoms. The van der Waals surface area contributed by atoms with E-state index in [0.29, 0.717) is 25.8 Å². The van der Waals surface area contributed by atoms with Gasteiger partial charge in [-0.3, -0.25) is 4.79 Å². The molecule has 1 heterocycles. The average Bonchev–Trinajstić information content (AvgIpc) is 2.61. The molecule has 2 unspecified atom stereocenters. The highest BCUT2D eigenvalue weighted by Crippen LogP contribution is 2.23. The van der Waals surface area contributed by atoms with Crippen LogP contribution in [0.5, 0.6) is 5.75 Å². The SMILES string of the molecule is CCCS(=O)(=O)N1CCCC(C(=O)NC(C)c2cccc(OC(C)C)c2)C1. The zero-order valence-electron chi connectivity index (χ0n) is 16.8. The number of nitrogens with one attached hydrogen (secondary N) is 1. The summed E-state index contributed by atoms with van der Waals surface area (Å²) in [5.74, 6) is 0.524. The molecule has 1 aromatic rings. The highest BCUT2D eigenvalue weighted by molar-refractivity contribution is 7.89. The van der Waals surface area contributed by atoms with Crippen LogP contribution in [0.1, 0.15) is 58.6 Å². The zero-order valence-corrected chi connectivity index (χ0v) is 17.6. The first-order valence-corrected chi connectivity index (χ1v) is 11.4. The highest BCUT2D eigenvalue weighted by Gasteiger charge is 2.32. The predicted molar refractivity (Wildman–Crippen MR) is 107 cm³/mol. The lowest BCUT2D eigenvalue weighted by Gasteiger charge is -2.31. The second-order valence-electron chi connectivity index (χ2n) is 7.48. The van der Waals surface area contributed by atoms with E-state index in [9.17, 15) is 13.2 Å². The molecule has 0 aliphatic carbocycles. The fourth-order valence-corrected chi connectivity index (χ4v) is 4.93. The zero-order chi connectivity index (χ0) is 20.0. The minimum atomic E-state index is -3.26. The molecule has 1 amide bonds. The number of rotatable bonds is 8. The monoisotopic (exact) mass is 396 g/mol. The summed E-state index contributed by atoms with van der Waals surface area (Å²) in [7, 11) is -3.26. The minimum absolute atomic E-state index is 0.0865. The molecular formula is C20H32N2O4S. The Labute approximate surface area is 163 Å². The number of sulfonamides is 1. The lowest BCUT2D eigenvalue weighted by Crippen LogP contribution is -2.46. The van der Waals surface area contributed by atoms with Gasteiger partial charge in [0.25, 0.3) is 0 Å². The molecule has 1 fully saturated rings. The quantitative estimate of drug-likeness (QED) is 0.733. The van der Waals surface area contributed by atoms with E-state index in [1.165, 1.54) is 4.31 Å². The summed E-state index contributed by atoms with van der Waals surface area (Å²) in [6, 6.07) is 7.53. The molecule has 0 saturated carbocycles. The summed E-state index contributed by atoms with van der Waals surface area (Å²) in [6.07, 6.45) is 2.10. The third-order valence-corrected chi connectivity index (χ3v) is 6.74. The largest absolute Gasteiger partial charge is 0.491 e. The van der Waals surface area contributed by atoms with E-state index in [2.05, 4.69) is 5.32 Å². The first-order valence-electron chi connectivity index (χ1n) is 9.77. The standard InChI is InChI=1S/C20H32N2O4S/c1-5-12-27(24,25)22-11-7-9-18(14-22)20(23)21-16(4)17-8-6-10-19(13-17)26-15(2)3/h6,8,10,13,15-16,18H,5,7,9,11-12,14H2,1-4H3,(H,21,23). The summed E-state index contributed by atoms with van der Waals surface area (Å²) in [4.78, 5) is 12.7. The number of nitrogens with zero attached hydrogens (tertiary/aromatic N) is 1. The van der Waals surface area contributed by atoms with E-state index in [-0.39, 0.29) is 36.3 Å². The Bertz CT molecular complexity index is 733. The lowest BCUT2D eigenvalue weighted by molar-refractivity contribution is -0.126. The van der Waals surface area contributed by atoms with Gasteiger partial charge < -0.3 is 10.1 Å². The van der Waals surface area contributed by atoms with Crippen LogP contribution in [0.2, 0.25) is 0 Å². The van der Waals surface area contributed by atoms with Crippen LogP contribution in [0.15, 0.2) is 24.3 Å². The maximum absolute atomic E-state index is 12.7. The van der Waals surface area contributed by atoms with E-state index < -0.39 is 10.0 Å². The Hall–Kier alpha value is -1.60. The van der Waals surface area contributed by atoms with Crippen molar-refractivity contribution in [2.45, 2.75) is 59.1 Å². The van der Waals surface area contributed by atoms with E-state index in [4.69, 9.17) is 4.74 Å². The normalized spacial score (nSPS) is 19.7. The number of piperidine rings is 1. The van der Waals surface area contributed by atoms with Gasteiger partial charge in [-0.1, -0.05) is 19.1 Å². The first-order chi connectivity index (χ1) is 12.7. The molecule has 1 aliphatic rings. The number of hydrogen-bond donors (Lipinski definition) is 1. The van der Waals surface area contributed by atoms with Crippen molar-refractivity contribution in [1.82, 2.24) is 9.62 Å². The summed E-state index contributed by atoms with van der Waals surface area (Å²) in [6.45, 7) is 8.51. The van der Waals surface area contributed by atoms with Crippen LogP contribution in [0.4, 0.5) is 0 Å². The van der Waals surface area contributed by atoms with Crippen molar-refractivity contribution in [2.75, 3.05) is 18.8 Å². The van der Waals surface area contributed by atoms with Gasteiger partial charge in [-0.05, 0) is 57.7 Å². The third-order valence-electron chi connectivity index (χ3n) is 4.70. The van der Waals surface area contributed by atoms with E-state index >= 15 is 0 Å². The van der Waals surface area contributed by atoms with Crippen LogP contribution in [0.3, 0.4) is 0 Å². The number of carbonyl (C=O) groups is 1. The van der Waals surface area contributed by atoms with Crippen molar-refractivity contribution >= 4 is 15.9 Å². The Morgan fingerprint density at radius 2 is 2.07 bits per heavy atom. The van der Waals surface area contributed by atoms with Crippen LogP contribution >= 0.6 is 0 Å². The third kappa shape index (κ3) is 6.21. The molecule has 2 atom stereocenters. The van der Waals surface area contributed by atoms with Crippen LogP contribution in [-0.2, 0) is 14.8 Å². The molecule has 6 nitrogen and oxygen atoms in total. The summed E-state index contributed by atoms with van der Waals surface area (Å²) in [5, 5.41) is 3.03. The highest BCUT2D eigenvalue weighted by atomic mass is 32.2. The molecule has 1 aliphatic heterocycles. The van der Waals surface area contributed by atoms with Gasteiger partial charge >= 0.3 is 0 Å². The molecule has 1 aromatic carbocycles. The molecule has 1 N–H and O–H groups in total. The molecule has 2 rings (SSSR count). The number of hydrogen-bond acceptors (Lipinski definition) is 4. The molecular weight excluding hydrogens is 364 g/mol. The Morgan fingerprint density at radius 1 is 1.33 bits per heavy atom. The fraction of sp³-hybridized carbons (Fsp3) is 0.650. The van der Waals surface area contributed by atoms with Crippen molar-refractivity contribution in [1.29, 1.82) is 0 Å². The van der Waals surface area contributed by atoms with Crippen molar-refractivity contribution in [3.05, 3.63) is 29.8 Å². The Balaban J connectivity index is 1.99. The van der Waals surface area contributed by atoms with Gasteiger partial charge in [0.05, 0.1) is 23.8 Å². The van der Waals surface area contributed by atoms with Crippen LogP contribution in [0, 0.1) is 5.92 Å². The maximum atomic E-state index is 12.7. The van der Waals surface area contributed by atoms with Gasteiger partial charge in [-0.2, -0.15) is 0 Å². The molecule has 0 radical (unpaired) electrons. The smallest absolute Gasteiger partial charge is 0.224 e. The summed E-state index contributed by atoms with van der Waals surface area (Å²) >= 11 is 0. The molecule has 7 heteroatoms. The van der Waals surface area contributed by atoms with Crippen molar-refractivity contribution < 1.29 is 17.9 Å². The number of ether oxygens (including phenoxy) is 1. The van der Waals surface area contributed by atoms with Crippen LogP contribution in [-0.4, -0.2) is 43.6 Å². The first kappa shape index (κ1) is 21.7. The van der Waals surface area contributed by atoms with Crippen molar-refractivity contribution in [3.8, 4) is 5.75 Å². The van der Waals surface area contributed by atoms with Gasteiger partial charge in [-0.25, -0.2) is 12.7 Å². The molecule has 152 valence electrons. The maximum Gasteiger partial charge on any atom is 0.224 e. The summed E-state index contributed by atoms with van der Waals surface area (Å²) < 4.78 is 31.8. The molecule has 27 heavy (non-hydrogen) atoms. The summed E-state index contributed by atoms with van der Waals surface area (Å²) in [5.41, 5.74) is 0.966. The number of carbonyl (C=O) groups excluding carboxylic acids is 1. The predicted octanol–water partition coefficient (Wildman–Crippen LogP) is 3.10. The van der Waals surface area contributed by atoms with E-state index in [0.717, 1.165) is 11.3 Å². The lowest BCUT2D eigenvalue weighted by atomic mass is 9.98. The average molecular weight is 397 g/mol. The van der Waals surface area contributed by atoms with Crippen molar-refractivity contribution in [2.24, 2.45) is 5.92 Å². The molecule has 0 spiro atoms. The van der Waals surface area contributed by atoms with Gasteiger partial charge in [-0.15, -0.1) is 0 Å². The second kappa shape index (κ2) is 9.55. The van der Waals surface area contributed by atoms with Crippen LogP contribution in [0.25, 0.3) is 0 Å². The van der Waals surface area contributed by atoms with Gasteiger partial charge in [0, 0.05) is 13.1 Å². The second-order valence-corrected chi connectivity index (χ2v) is 9.57. The minimum Gasteiger partial charge on any atom is -0.491 e. The number of benzene rings is 1.